The first-order valence-corrected chi connectivity index (χ1v) is 11.2. The smallest absolute Gasteiger partial charge is 0.343 e. The summed E-state index contributed by atoms with van der Waals surface area (Å²) in [6.45, 7) is 5.65. The van der Waals surface area contributed by atoms with Crippen LogP contribution in [-0.2, 0) is 30.2 Å². The molecular weight excluding hydrogens is 424 g/mol. The minimum absolute atomic E-state index is 0.0689. The van der Waals surface area contributed by atoms with Gasteiger partial charge in [-0.1, -0.05) is 18.6 Å². The van der Waals surface area contributed by atoms with Gasteiger partial charge in [-0.3, -0.25) is 0 Å². The number of carbonyl (C=O) groups excluding carboxylic acids is 2. The first-order valence-electron chi connectivity index (χ1n) is 11.2. The number of cyclic esters (lactones) is 2. The van der Waals surface area contributed by atoms with Crippen LogP contribution in [0.2, 0.25) is 0 Å². The van der Waals surface area contributed by atoms with Crippen molar-refractivity contribution in [2.75, 3.05) is 7.11 Å². The molecule has 0 radical (unpaired) electrons. The average molecular weight is 457 g/mol. The Kier molecular flexibility index (Phi) is 7.97. The normalized spacial score (nSPS) is 23.2. The first kappa shape index (κ1) is 24.6. The molecule has 0 aromatic carbocycles. The predicted octanol–water partition coefficient (Wildman–Crippen LogP) is 5.45. The van der Waals surface area contributed by atoms with E-state index in [2.05, 4.69) is 13.0 Å². The largest absolute Gasteiger partial charge is 0.504 e. The summed E-state index contributed by atoms with van der Waals surface area (Å²) in [7, 11) is 1.53. The number of esters is 2. The third kappa shape index (κ3) is 6.26. The first-order chi connectivity index (χ1) is 15.7. The van der Waals surface area contributed by atoms with Crippen LogP contribution >= 0.6 is 0 Å². The highest BCUT2D eigenvalue weighted by Gasteiger charge is 2.40. The molecule has 0 spiro atoms. The Bertz CT molecular complexity index is 994. The van der Waals surface area contributed by atoms with Gasteiger partial charge in [0.15, 0.2) is 11.5 Å². The van der Waals surface area contributed by atoms with E-state index in [4.69, 9.17) is 18.6 Å². The van der Waals surface area contributed by atoms with E-state index in [1.807, 2.05) is 13.0 Å². The molecule has 1 aromatic rings. The van der Waals surface area contributed by atoms with Crippen LogP contribution in [0.3, 0.4) is 0 Å². The Morgan fingerprint density at radius 2 is 2.09 bits per heavy atom. The molecule has 0 bridgehead atoms. The van der Waals surface area contributed by atoms with E-state index in [-0.39, 0.29) is 29.0 Å². The van der Waals surface area contributed by atoms with Gasteiger partial charge in [0.2, 0.25) is 5.79 Å². The van der Waals surface area contributed by atoms with Crippen LogP contribution in [0.15, 0.2) is 69.5 Å². The second-order valence-corrected chi connectivity index (χ2v) is 8.74. The second kappa shape index (κ2) is 10.7. The molecule has 0 aliphatic carbocycles. The van der Waals surface area contributed by atoms with Gasteiger partial charge in [-0.25, -0.2) is 9.59 Å². The van der Waals surface area contributed by atoms with Crippen LogP contribution in [0.1, 0.15) is 58.4 Å². The van der Waals surface area contributed by atoms with Crippen LogP contribution in [0.25, 0.3) is 0 Å². The van der Waals surface area contributed by atoms with Gasteiger partial charge in [0.25, 0.3) is 0 Å². The maximum atomic E-state index is 12.3. The molecule has 178 valence electrons. The van der Waals surface area contributed by atoms with Crippen molar-refractivity contribution in [1.29, 1.82) is 0 Å². The van der Waals surface area contributed by atoms with Gasteiger partial charge in [0, 0.05) is 19.1 Å². The zero-order valence-corrected chi connectivity index (χ0v) is 19.7. The number of aliphatic hydroxyl groups excluding tert-OH is 1. The molecule has 0 amide bonds. The Morgan fingerprint density at radius 1 is 1.30 bits per heavy atom. The van der Waals surface area contributed by atoms with E-state index >= 15 is 0 Å². The van der Waals surface area contributed by atoms with Crippen molar-refractivity contribution in [2.24, 2.45) is 5.92 Å². The number of ether oxygens (including phenoxy) is 3. The third-order valence-electron chi connectivity index (χ3n) is 5.96. The van der Waals surface area contributed by atoms with Crippen LogP contribution < -0.4 is 0 Å². The molecule has 3 heterocycles. The highest BCUT2D eigenvalue weighted by atomic mass is 16.7. The lowest BCUT2D eigenvalue weighted by molar-refractivity contribution is -0.188. The van der Waals surface area contributed by atoms with Crippen molar-refractivity contribution in [1.82, 2.24) is 0 Å². The SMILES string of the molecule is COC1(Cc2ccoc2)C=C(CCCC(C)=CCCC(C)C=C2OC(=O)C(C)=C2O)C(=O)O1. The van der Waals surface area contributed by atoms with Gasteiger partial charge in [0.1, 0.15) is 0 Å². The van der Waals surface area contributed by atoms with E-state index in [1.54, 1.807) is 31.6 Å². The number of allylic oxidation sites excluding steroid dienone is 3. The molecule has 3 rings (SSSR count). The van der Waals surface area contributed by atoms with Crippen LogP contribution in [0.5, 0.6) is 0 Å². The molecule has 1 N–H and O–H groups in total. The van der Waals surface area contributed by atoms with Crippen LogP contribution in [-0.4, -0.2) is 29.9 Å². The monoisotopic (exact) mass is 456 g/mol. The fraction of sp³-hybridized carbons (Fsp3) is 0.462. The molecule has 33 heavy (non-hydrogen) atoms. The summed E-state index contributed by atoms with van der Waals surface area (Å²) in [6, 6.07) is 1.83. The van der Waals surface area contributed by atoms with E-state index in [1.165, 1.54) is 12.7 Å². The average Bonchev–Trinajstić information content (AvgIpc) is 3.45. The summed E-state index contributed by atoms with van der Waals surface area (Å²) in [5.41, 5.74) is 3.04. The van der Waals surface area contributed by atoms with Crippen LogP contribution in [0, 0.1) is 5.92 Å². The second-order valence-electron chi connectivity index (χ2n) is 8.74. The molecule has 2 atom stereocenters. The lowest BCUT2D eigenvalue weighted by Crippen LogP contribution is -2.33. The predicted molar refractivity (Wildman–Crippen MR) is 122 cm³/mol. The van der Waals surface area contributed by atoms with Crippen LogP contribution in [0.4, 0.5) is 0 Å². The highest BCUT2D eigenvalue weighted by Crippen LogP contribution is 2.32. The van der Waals surface area contributed by atoms with Gasteiger partial charge >= 0.3 is 11.9 Å². The van der Waals surface area contributed by atoms with Gasteiger partial charge < -0.3 is 23.7 Å². The number of hydrogen-bond donors (Lipinski definition) is 1. The molecule has 2 aliphatic heterocycles. The summed E-state index contributed by atoms with van der Waals surface area (Å²) in [5, 5.41) is 9.91. The molecule has 2 aliphatic rings. The molecule has 1 aromatic heterocycles. The third-order valence-corrected chi connectivity index (χ3v) is 5.96. The molecule has 7 nitrogen and oxygen atoms in total. The number of hydrogen-bond acceptors (Lipinski definition) is 7. The summed E-state index contributed by atoms with van der Waals surface area (Å²) in [6.07, 6.45) is 13.5. The lowest BCUT2D eigenvalue weighted by Gasteiger charge is -2.23. The Morgan fingerprint density at radius 3 is 2.73 bits per heavy atom. The van der Waals surface area contributed by atoms with E-state index in [0.29, 0.717) is 18.4 Å². The topological polar surface area (TPSA) is 95.2 Å². The number of aliphatic hydroxyl groups is 1. The van der Waals surface area contributed by atoms with Crippen molar-refractivity contribution in [3.63, 3.8) is 0 Å². The van der Waals surface area contributed by atoms with Crippen molar-refractivity contribution in [3.05, 3.63) is 70.6 Å². The molecule has 0 saturated heterocycles. The van der Waals surface area contributed by atoms with Crippen molar-refractivity contribution < 1.29 is 33.3 Å². The van der Waals surface area contributed by atoms with Crippen molar-refractivity contribution >= 4 is 11.9 Å². The number of rotatable bonds is 11. The van der Waals surface area contributed by atoms with E-state index in [9.17, 15) is 14.7 Å². The summed E-state index contributed by atoms with van der Waals surface area (Å²) in [5.74, 6) is -1.55. The maximum absolute atomic E-state index is 12.3. The number of carbonyl (C=O) groups is 2. The number of methoxy groups -OCH3 is 1. The van der Waals surface area contributed by atoms with Gasteiger partial charge in [-0.2, -0.15) is 0 Å². The highest BCUT2D eigenvalue weighted by molar-refractivity contribution is 5.93. The summed E-state index contributed by atoms with van der Waals surface area (Å²) < 4.78 is 21.2. The Hall–Kier alpha value is -3.06. The zero-order chi connectivity index (χ0) is 24.0. The van der Waals surface area contributed by atoms with E-state index < -0.39 is 11.8 Å². The fourth-order valence-corrected chi connectivity index (χ4v) is 3.90. The lowest BCUT2D eigenvalue weighted by atomic mass is 10.00. The maximum Gasteiger partial charge on any atom is 0.343 e. The standard InChI is InChI=1S/C26H32O7/c1-17(7-5-9-18(2)13-22-23(27)19(3)24(28)32-22)8-6-10-21-15-26(30-4,33-25(21)29)14-20-11-12-31-16-20/h7,11-13,15-16,18,27H,5-6,8-10,14H2,1-4H3. The van der Waals surface area contributed by atoms with Gasteiger partial charge in [-0.15, -0.1) is 0 Å². The Labute approximate surface area is 194 Å². The van der Waals surface area contributed by atoms with Gasteiger partial charge in [0.05, 0.1) is 18.1 Å². The van der Waals surface area contributed by atoms with Crippen molar-refractivity contribution in [2.45, 2.75) is 65.1 Å². The quantitative estimate of drug-likeness (QED) is 0.349. The summed E-state index contributed by atoms with van der Waals surface area (Å²) in [4.78, 5) is 23.8. The molecule has 2 unspecified atom stereocenters. The van der Waals surface area contributed by atoms with Gasteiger partial charge in [-0.05, 0) is 75.7 Å². The van der Waals surface area contributed by atoms with E-state index in [0.717, 1.165) is 31.2 Å². The Balaban J connectivity index is 1.44. The van der Waals surface area contributed by atoms with Crippen molar-refractivity contribution in [3.8, 4) is 0 Å². The summed E-state index contributed by atoms with van der Waals surface area (Å²) >= 11 is 0. The molecule has 0 saturated carbocycles. The minimum Gasteiger partial charge on any atom is -0.504 e. The molecule has 0 fully saturated rings. The molecule has 7 heteroatoms. The number of furan rings is 1. The molecular formula is C26H32O7. The minimum atomic E-state index is -1.07. The zero-order valence-electron chi connectivity index (χ0n) is 19.7. The fourth-order valence-electron chi connectivity index (χ4n) is 3.90.